The third-order valence-corrected chi connectivity index (χ3v) is 4.98. The van der Waals surface area contributed by atoms with Gasteiger partial charge in [0.15, 0.2) is 4.47 Å². The molecule has 2 aromatic carbocycles. The van der Waals surface area contributed by atoms with Gasteiger partial charge in [-0.25, -0.2) is 10.4 Å². The number of halogens is 3. The van der Waals surface area contributed by atoms with E-state index in [-0.39, 0.29) is 5.02 Å². The van der Waals surface area contributed by atoms with Gasteiger partial charge in [0, 0.05) is 11.2 Å². The summed E-state index contributed by atoms with van der Waals surface area (Å²) < 4.78 is 6.14. The van der Waals surface area contributed by atoms with Gasteiger partial charge >= 0.3 is 0 Å². The molecular weight excluding hydrogens is 429 g/mol. The maximum atomic E-state index is 12.1. The van der Waals surface area contributed by atoms with E-state index in [2.05, 4.69) is 15.5 Å². The minimum Gasteiger partial charge on any atom is -0.488 e. The lowest BCUT2D eigenvalue weighted by Gasteiger charge is -2.04. The highest BCUT2D eigenvalue weighted by atomic mass is 35.5. The van der Waals surface area contributed by atoms with Gasteiger partial charge in [0.1, 0.15) is 12.4 Å². The number of ether oxygens (including phenoxy) is 1. The number of carbonyl (C=O) groups excluding carboxylic acids is 1. The monoisotopic (exact) mass is 439 g/mol. The highest BCUT2D eigenvalue weighted by molar-refractivity contribution is 7.15. The maximum Gasteiger partial charge on any atom is 0.272 e. The summed E-state index contributed by atoms with van der Waals surface area (Å²) in [5.74, 6) is 0.282. The number of nitrogens with one attached hydrogen (secondary N) is 1. The molecular formula is C18H12Cl3N3O2S. The van der Waals surface area contributed by atoms with Gasteiger partial charge in [0.05, 0.1) is 21.7 Å². The summed E-state index contributed by atoms with van der Waals surface area (Å²) in [4.78, 5) is 17.0. The second-order valence-corrected chi connectivity index (χ2v) is 7.80. The number of hydrogen-bond acceptors (Lipinski definition) is 5. The van der Waals surface area contributed by atoms with E-state index in [0.717, 1.165) is 10.4 Å². The Morgan fingerprint density at radius 3 is 2.63 bits per heavy atom. The predicted molar refractivity (Wildman–Crippen MR) is 109 cm³/mol. The molecule has 1 N–H and O–H groups in total. The molecule has 1 amide bonds. The van der Waals surface area contributed by atoms with Crippen molar-refractivity contribution in [3.8, 4) is 5.75 Å². The van der Waals surface area contributed by atoms with Crippen LogP contribution in [0.5, 0.6) is 5.75 Å². The first-order chi connectivity index (χ1) is 13.0. The fourth-order valence-corrected chi connectivity index (χ4v) is 3.44. The zero-order chi connectivity index (χ0) is 19.2. The number of rotatable bonds is 6. The molecule has 3 aromatic rings. The van der Waals surface area contributed by atoms with Gasteiger partial charge < -0.3 is 4.74 Å². The van der Waals surface area contributed by atoms with Gasteiger partial charge in [-0.3, -0.25) is 4.79 Å². The van der Waals surface area contributed by atoms with E-state index in [1.54, 1.807) is 12.3 Å². The third kappa shape index (κ3) is 5.68. The van der Waals surface area contributed by atoms with E-state index in [9.17, 15) is 4.79 Å². The molecule has 0 aliphatic heterocycles. The van der Waals surface area contributed by atoms with Crippen molar-refractivity contribution in [1.82, 2.24) is 10.4 Å². The van der Waals surface area contributed by atoms with Gasteiger partial charge in [0.2, 0.25) is 0 Å². The fourth-order valence-electron chi connectivity index (χ4n) is 2.05. The fraction of sp³-hybridized carbons (Fsp3) is 0.0556. The van der Waals surface area contributed by atoms with Crippen LogP contribution in [0.2, 0.25) is 14.5 Å². The largest absolute Gasteiger partial charge is 0.488 e. The summed E-state index contributed by atoms with van der Waals surface area (Å²) in [5, 5.41) is 4.65. The van der Waals surface area contributed by atoms with Crippen molar-refractivity contribution in [2.75, 3.05) is 0 Å². The van der Waals surface area contributed by atoms with Gasteiger partial charge in [-0.1, -0.05) is 34.8 Å². The first-order valence-corrected chi connectivity index (χ1v) is 9.58. The minimum atomic E-state index is -0.420. The Hall–Kier alpha value is -2.12. The lowest BCUT2D eigenvalue weighted by molar-refractivity contribution is 0.0955. The van der Waals surface area contributed by atoms with Crippen LogP contribution in [0.15, 0.2) is 53.8 Å². The van der Waals surface area contributed by atoms with Crippen LogP contribution in [-0.2, 0) is 6.61 Å². The number of carbonyl (C=O) groups is 1. The quantitative estimate of drug-likeness (QED) is 0.410. The van der Waals surface area contributed by atoms with Crippen LogP contribution in [0, 0.1) is 0 Å². The number of amides is 1. The van der Waals surface area contributed by atoms with E-state index in [0.29, 0.717) is 27.4 Å². The van der Waals surface area contributed by atoms with E-state index in [1.807, 2.05) is 24.3 Å². The van der Waals surface area contributed by atoms with Gasteiger partial charge in [-0.05, 0) is 48.0 Å². The molecule has 27 heavy (non-hydrogen) atoms. The van der Waals surface area contributed by atoms with E-state index >= 15 is 0 Å². The van der Waals surface area contributed by atoms with Gasteiger partial charge in [-0.2, -0.15) is 5.10 Å². The molecule has 0 aliphatic rings. The number of thiazole rings is 1. The molecule has 0 bridgehead atoms. The average molecular weight is 441 g/mol. The average Bonchev–Trinajstić information content (AvgIpc) is 3.06. The molecule has 1 heterocycles. The lowest BCUT2D eigenvalue weighted by Crippen LogP contribution is -2.18. The van der Waals surface area contributed by atoms with Crippen LogP contribution in [0.3, 0.4) is 0 Å². The summed E-state index contributed by atoms with van der Waals surface area (Å²) in [6, 6.07) is 11.9. The molecule has 138 valence electrons. The number of nitrogens with zero attached hydrogens (tertiary/aromatic N) is 2. The van der Waals surface area contributed by atoms with E-state index in [1.165, 1.54) is 29.7 Å². The number of hydrazone groups is 1. The van der Waals surface area contributed by atoms with Crippen molar-refractivity contribution in [3.63, 3.8) is 0 Å². The molecule has 5 nitrogen and oxygen atoms in total. The number of benzene rings is 2. The zero-order valence-corrected chi connectivity index (χ0v) is 16.7. The van der Waals surface area contributed by atoms with E-state index < -0.39 is 5.91 Å². The third-order valence-electron chi connectivity index (χ3n) is 3.34. The van der Waals surface area contributed by atoms with Crippen LogP contribution >= 0.6 is 46.1 Å². The summed E-state index contributed by atoms with van der Waals surface area (Å²) in [7, 11) is 0. The normalized spacial score (nSPS) is 10.9. The summed E-state index contributed by atoms with van der Waals surface area (Å²) >= 11 is 19.0. The Morgan fingerprint density at radius 1 is 1.19 bits per heavy atom. The molecule has 0 radical (unpaired) electrons. The lowest BCUT2D eigenvalue weighted by atomic mass is 10.2. The Balaban J connectivity index is 1.53. The standard InChI is InChI=1S/C18H12Cl3N3O2S/c19-12-3-6-15(16(20)7-12)17(25)24-23-8-11-1-4-13(5-2-11)26-10-14-9-22-18(21)27-14/h1-9H,10H2,(H,24,25)/b23-8+. The molecule has 0 saturated carbocycles. The van der Waals surface area contributed by atoms with E-state index in [4.69, 9.17) is 39.5 Å². The Morgan fingerprint density at radius 2 is 1.96 bits per heavy atom. The Labute approximate surface area is 174 Å². The van der Waals surface area contributed by atoms with Crippen LogP contribution in [0.1, 0.15) is 20.8 Å². The molecule has 0 unspecified atom stereocenters. The summed E-state index contributed by atoms with van der Waals surface area (Å²) in [6.45, 7) is 0.399. The first-order valence-electron chi connectivity index (χ1n) is 7.63. The topological polar surface area (TPSA) is 63.6 Å². The predicted octanol–water partition coefficient (Wildman–Crippen LogP) is 5.45. The van der Waals surface area contributed by atoms with Crippen molar-refractivity contribution in [3.05, 3.63) is 79.2 Å². The molecule has 0 spiro atoms. The number of aromatic nitrogens is 1. The SMILES string of the molecule is O=C(N/N=C/c1ccc(OCc2cnc(Cl)s2)cc1)c1ccc(Cl)cc1Cl. The van der Waals surface area contributed by atoms with Crippen LogP contribution in [0.4, 0.5) is 0 Å². The van der Waals surface area contributed by atoms with Crippen molar-refractivity contribution in [1.29, 1.82) is 0 Å². The minimum absolute atomic E-state index is 0.263. The molecule has 0 saturated heterocycles. The number of hydrogen-bond donors (Lipinski definition) is 1. The first kappa shape index (κ1) is 19.6. The molecule has 9 heteroatoms. The molecule has 0 fully saturated rings. The second kappa shape index (κ2) is 9.19. The highest BCUT2D eigenvalue weighted by Crippen LogP contribution is 2.21. The van der Waals surface area contributed by atoms with Crippen LogP contribution in [0.25, 0.3) is 0 Å². The molecule has 0 aliphatic carbocycles. The van der Waals surface area contributed by atoms with Crippen molar-refractivity contribution >= 4 is 58.3 Å². The van der Waals surface area contributed by atoms with Crippen LogP contribution < -0.4 is 10.2 Å². The Bertz CT molecular complexity index is 974. The molecule has 0 atom stereocenters. The smallest absolute Gasteiger partial charge is 0.272 e. The second-order valence-electron chi connectivity index (χ2n) is 5.26. The van der Waals surface area contributed by atoms with Crippen molar-refractivity contribution in [2.24, 2.45) is 5.10 Å². The Kier molecular flexibility index (Phi) is 6.68. The zero-order valence-electron chi connectivity index (χ0n) is 13.7. The van der Waals surface area contributed by atoms with Crippen molar-refractivity contribution in [2.45, 2.75) is 6.61 Å². The summed E-state index contributed by atoms with van der Waals surface area (Å²) in [5.41, 5.74) is 3.52. The van der Waals surface area contributed by atoms with Gasteiger partial charge in [-0.15, -0.1) is 11.3 Å². The molecule has 3 rings (SSSR count). The van der Waals surface area contributed by atoms with Gasteiger partial charge in [0.25, 0.3) is 5.91 Å². The highest BCUT2D eigenvalue weighted by Gasteiger charge is 2.09. The van der Waals surface area contributed by atoms with Crippen LogP contribution in [-0.4, -0.2) is 17.1 Å². The maximum absolute atomic E-state index is 12.1. The van der Waals surface area contributed by atoms with Crippen molar-refractivity contribution < 1.29 is 9.53 Å². The summed E-state index contributed by atoms with van der Waals surface area (Å²) in [6.07, 6.45) is 3.21. The molecule has 1 aromatic heterocycles.